The quantitative estimate of drug-likeness (QED) is 0.571. The van der Waals surface area contributed by atoms with Gasteiger partial charge in [0.2, 0.25) is 0 Å². The molecule has 0 aliphatic carbocycles. The van der Waals surface area contributed by atoms with E-state index in [1.807, 2.05) is 30.3 Å². The fourth-order valence-corrected chi connectivity index (χ4v) is 2.63. The van der Waals surface area contributed by atoms with E-state index in [4.69, 9.17) is 18.9 Å². The van der Waals surface area contributed by atoms with Crippen LogP contribution >= 0.6 is 0 Å². The highest BCUT2D eigenvalue weighted by molar-refractivity contribution is 5.89. The predicted octanol–water partition coefficient (Wildman–Crippen LogP) is 2.73. The van der Waals surface area contributed by atoms with Crippen LogP contribution in [0.15, 0.2) is 48.5 Å². The Morgan fingerprint density at radius 3 is 2.59 bits per heavy atom. The lowest BCUT2D eigenvalue weighted by Gasteiger charge is -2.07. The van der Waals surface area contributed by atoms with Crippen molar-refractivity contribution in [3.63, 3.8) is 0 Å². The lowest BCUT2D eigenvalue weighted by Crippen LogP contribution is -2.28. The second kappa shape index (κ2) is 10.2. The lowest BCUT2D eigenvalue weighted by atomic mass is 10.2. The van der Waals surface area contributed by atoms with E-state index < -0.39 is 5.97 Å². The van der Waals surface area contributed by atoms with E-state index in [1.54, 1.807) is 25.3 Å². The molecule has 0 unspecified atom stereocenters. The molecule has 1 aliphatic rings. The van der Waals surface area contributed by atoms with Crippen LogP contribution in [0.5, 0.6) is 17.2 Å². The van der Waals surface area contributed by atoms with Crippen molar-refractivity contribution in [1.82, 2.24) is 5.32 Å². The van der Waals surface area contributed by atoms with Crippen molar-refractivity contribution in [3.05, 3.63) is 59.7 Å². The first-order valence-corrected chi connectivity index (χ1v) is 9.28. The van der Waals surface area contributed by atoms with E-state index in [0.717, 1.165) is 23.3 Å². The van der Waals surface area contributed by atoms with Gasteiger partial charge in [-0.25, -0.2) is 4.79 Å². The van der Waals surface area contributed by atoms with Gasteiger partial charge >= 0.3 is 5.97 Å². The number of benzene rings is 2. The first kappa shape index (κ1) is 20.3. The van der Waals surface area contributed by atoms with Crippen LogP contribution in [0.3, 0.4) is 0 Å². The standard InChI is InChI=1S/C22H23NO6/c1-26-18-7-3-17(4-8-18)14-23-21(24)15-29-22(25)10-6-16-5-9-19-20(13-16)28-12-2-11-27-19/h3-10,13H,2,11-12,14-15H2,1H3,(H,23,24)/b10-6+. The van der Waals surface area contributed by atoms with Gasteiger partial charge in [0.05, 0.1) is 20.3 Å². The molecule has 0 aromatic heterocycles. The van der Waals surface area contributed by atoms with Crippen molar-refractivity contribution in [2.75, 3.05) is 26.9 Å². The highest BCUT2D eigenvalue weighted by atomic mass is 16.5. The Morgan fingerprint density at radius 1 is 1.07 bits per heavy atom. The van der Waals surface area contributed by atoms with E-state index in [-0.39, 0.29) is 12.5 Å². The van der Waals surface area contributed by atoms with Crippen LogP contribution in [-0.4, -0.2) is 38.8 Å². The van der Waals surface area contributed by atoms with Gasteiger partial charge in [0.1, 0.15) is 5.75 Å². The van der Waals surface area contributed by atoms with Crippen LogP contribution in [-0.2, 0) is 20.9 Å². The Morgan fingerprint density at radius 2 is 1.83 bits per heavy atom. The Labute approximate surface area is 169 Å². The fraction of sp³-hybridized carbons (Fsp3) is 0.273. The van der Waals surface area contributed by atoms with E-state index in [0.29, 0.717) is 31.3 Å². The molecule has 0 radical (unpaired) electrons. The van der Waals surface area contributed by atoms with Crippen molar-refractivity contribution in [2.45, 2.75) is 13.0 Å². The summed E-state index contributed by atoms with van der Waals surface area (Å²) in [6, 6.07) is 12.7. The van der Waals surface area contributed by atoms with Crippen molar-refractivity contribution in [3.8, 4) is 17.2 Å². The summed E-state index contributed by atoms with van der Waals surface area (Å²) in [5, 5.41) is 2.69. The number of nitrogens with one attached hydrogen (secondary N) is 1. The van der Waals surface area contributed by atoms with Crippen LogP contribution in [0.1, 0.15) is 17.5 Å². The topological polar surface area (TPSA) is 83.1 Å². The first-order valence-electron chi connectivity index (χ1n) is 9.28. The van der Waals surface area contributed by atoms with Gasteiger partial charge in [-0.15, -0.1) is 0 Å². The van der Waals surface area contributed by atoms with Gasteiger partial charge in [0.25, 0.3) is 5.91 Å². The summed E-state index contributed by atoms with van der Waals surface area (Å²) in [5.74, 6) is 1.11. The molecule has 2 aromatic carbocycles. The zero-order valence-corrected chi connectivity index (χ0v) is 16.2. The van der Waals surface area contributed by atoms with Gasteiger partial charge < -0.3 is 24.3 Å². The fourth-order valence-electron chi connectivity index (χ4n) is 2.63. The molecular formula is C22H23NO6. The molecule has 1 N–H and O–H groups in total. The molecule has 2 aromatic rings. The number of ether oxygens (including phenoxy) is 4. The molecule has 0 saturated heterocycles. The largest absolute Gasteiger partial charge is 0.497 e. The van der Waals surface area contributed by atoms with E-state index in [1.165, 1.54) is 6.08 Å². The highest BCUT2D eigenvalue weighted by Crippen LogP contribution is 2.30. The van der Waals surface area contributed by atoms with Gasteiger partial charge in [-0.2, -0.15) is 0 Å². The van der Waals surface area contributed by atoms with Gasteiger partial charge in [0.15, 0.2) is 18.1 Å². The zero-order valence-electron chi connectivity index (χ0n) is 16.2. The van der Waals surface area contributed by atoms with Gasteiger partial charge in [0, 0.05) is 19.0 Å². The average molecular weight is 397 g/mol. The van der Waals surface area contributed by atoms with E-state index in [2.05, 4.69) is 5.32 Å². The Kier molecular flexibility index (Phi) is 7.10. The summed E-state index contributed by atoms with van der Waals surface area (Å²) in [6.07, 6.45) is 3.70. The normalized spacial score (nSPS) is 12.9. The lowest BCUT2D eigenvalue weighted by molar-refractivity contribution is -0.143. The maximum atomic E-state index is 11.9. The molecule has 0 atom stereocenters. The van der Waals surface area contributed by atoms with E-state index in [9.17, 15) is 9.59 Å². The number of fused-ring (bicyclic) bond motifs is 1. The molecule has 29 heavy (non-hydrogen) atoms. The number of methoxy groups -OCH3 is 1. The maximum absolute atomic E-state index is 11.9. The van der Waals surface area contributed by atoms with Gasteiger partial charge in [-0.3, -0.25) is 4.79 Å². The Balaban J connectivity index is 1.43. The number of carbonyl (C=O) groups is 2. The summed E-state index contributed by atoms with van der Waals surface area (Å²) in [4.78, 5) is 23.7. The third kappa shape index (κ3) is 6.27. The molecule has 1 aliphatic heterocycles. The Bertz CT molecular complexity index is 875. The molecule has 1 heterocycles. The molecule has 0 bridgehead atoms. The summed E-state index contributed by atoms with van der Waals surface area (Å²) in [7, 11) is 1.59. The molecular weight excluding hydrogens is 374 g/mol. The summed E-state index contributed by atoms with van der Waals surface area (Å²) in [5.41, 5.74) is 1.69. The number of hydrogen-bond donors (Lipinski definition) is 1. The first-order chi connectivity index (χ1) is 14.1. The summed E-state index contributed by atoms with van der Waals surface area (Å²) >= 11 is 0. The number of esters is 1. The molecule has 7 heteroatoms. The third-order valence-corrected chi connectivity index (χ3v) is 4.18. The van der Waals surface area contributed by atoms with Crippen molar-refractivity contribution in [2.24, 2.45) is 0 Å². The highest BCUT2D eigenvalue weighted by Gasteiger charge is 2.10. The second-order valence-electron chi connectivity index (χ2n) is 6.32. The number of carbonyl (C=O) groups excluding carboxylic acids is 2. The van der Waals surface area contributed by atoms with E-state index >= 15 is 0 Å². The predicted molar refractivity (Wildman–Crippen MR) is 107 cm³/mol. The molecule has 0 fully saturated rings. The zero-order chi connectivity index (χ0) is 20.5. The maximum Gasteiger partial charge on any atom is 0.331 e. The molecule has 152 valence electrons. The van der Waals surface area contributed by atoms with Crippen LogP contribution in [0.4, 0.5) is 0 Å². The number of rotatable bonds is 7. The summed E-state index contributed by atoms with van der Waals surface area (Å²) in [6.45, 7) is 1.21. The molecule has 7 nitrogen and oxygen atoms in total. The van der Waals surface area contributed by atoms with Crippen LogP contribution < -0.4 is 19.5 Å². The average Bonchev–Trinajstić information content (AvgIpc) is 3.00. The molecule has 3 rings (SSSR count). The molecule has 1 amide bonds. The number of hydrogen-bond acceptors (Lipinski definition) is 6. The van der Waals surface area contributed by atoms with Crippen LogP contribution in [0.2, 0.25) is 0 Å². The minimum absolute atomic E-state index is 0.341. The third-order valence-electron chi connectivity index (χ3n) is 4.18. The molecule has 0 spiro atoms. The van der Waals surface area contributed by atoms with Crippen LogP contribution in [0.25, 0.3) is 6.08 Å². The number of amides is 1. The van der Waals surface area contributed by atoms with Crippen molar-refractivity contribution < 1.29 is 28.5 Å². The monoisotopic (exact) mass is 397 g/mol. The molecule has 0 saturated carbocycles. The van der Waals surface area contributed by atoms with Gasteiger partial charge in [-0.1, -0.05) is 18.2 Å². The van der Waals surface area contributed by atoms with Crippen LogP contribution in [0, 0.1) is 0 Å². The smallest absolute Gasteiger partial charge is 0.331 e. The Hall–Kier alpha value is -3.48. The SMILES string of the molecule is COc1ccc(CNC(=O)COC(=O)/C=C/c2ccc3c(c2)OCCCO3)cc1. The van der Waals surface area contributed by atoms with Crippen molar-refractivity contribution in [1.29, 1.82) is 0 Å². The van der Waals surface area contributed by atoms with Crippen molar-refractivity contribution >= 4 is 18.0 Å². The minimum atomic E-state index is -0.600. The minimum Gasteiger partial charge on any atom is -0.497 e. The summed E-state index contributed by atoms with van der Waals surface area (Å²) < 4.78 is 21.2. The van der Waals surface area contributed by atoms with Gasteiger partial charge in [-0.05, 0) is 41.5 Å². The second-order valence-corrected chi connectivity index (χ2v) is 6.32.